The normalized spacial score (nSPS) is 22.5. The summed E-state index contributed by atoms with van der Waals surface area (Å²) >= 11 is 0. The smallest absolute Gasteiger partial charge is 0.243 e. The maximum atomic E-state index is 12.4. The number of carbonyl (C=O) groups is 2. The molecule has 0 aromatic rings. The van der Waals surface area contributed by atoms with Crippen LogP contribution in [-0.4, -0.2) is 47.1 Å². The Labute approximate surface area is 121 Å². The highest BCUT2D eigenvalue weighted by Crippen LogP contribution is 2.25. The van der Waals surface area contributed by atoms with Gasteiger partial charge in [-0.25, -0.2) is 0 Å². The van der Waals surface area contributed by atoms with E-state index in [0.717, 1.165) is 6.42 Å². The molecule has 116 valence electrons. The van der Waals surface area contributed by atoms with Crippen molar-refractivity contribution in [1.82, 2.24) is 10.2 Å². The van der Waals surface area contributed by atoms with E-state index in [2.05, 4.69) is 5.32 Å². The molecule has 1 rings (SSSR count). The van der Waals surface area contributed by atoms with Gasteiger partial charge in [0, 0.05) is 24.6 Å². The Balaban J connectivity index is 2.70. The van der Waals surface area contributed by atoms with Gasteiger partial charge in [0.05, 0.1) is 0 Å². The average Bonchev–Trinajstić information content (AvgIpc) is 2.84. The van der Waals surface area contributed by atoms with Gasteiger partial charge in [0.1, 0.15) is 6.04 Å². The highest BCUT2D eigenvalue weighted by atomic mass is 16.3. The van der Waals surface area contributed by atoms with Gasteiger partial charge >= 0.3 is 0 Å². The number of hydrogen-bond donors (Lipinski definition) is 2. The van der Waals surface area contributed by atoms with Crippen molar-refractivity contribution in [2.75, 3.05) is 13.2 Å². The molecule has 2 amide bonds. The molecule has 0 bridgehead atoms. The van der Waals surface area contributed by atoms with Gasteiger partial charge in [-0.1, -0.05) is 27.7 Å². The summed E-state index contributed by atoms with van der Waals surface area (Å²) in [6.07, 6.45) is 1.58. The fourth-order valence-corrected chi connectivity index (χ4v) is 2.33. The van der Waals surface area contributed by atoms with Crippen molar-refractivity contribution in [3.8, 4) is 0 Å². The Morgan fingerprint density at radius 3 is 2.45 bits per heavy atom. The molecular weight excluding hydrogens is 256 g/mol. The Morgan fingerprint density at radius 2 is 1.95 bits per heavy atom. The monoisotopic (exact) mass is 284 g/mol. The molecule has 3 unspecified atom stereocenters. The van der Waals surface area contributed by atoms with Gasteiger partial charge < -0.3 is 15.3 Å². The fraction of sp³-hybridized carbons (Fsp3) is 0.867. The maximum Gasteiger partial charge on any atom is 0.243 e. The standard InChI is InChI=1S/C15H28N2O3/c1-10(9-18)11(2)16-13(19)12-7-6-8-17(12)14(20)15(3,4)5/h10-12,18H,6-9H2,1-5H3,(H,16,19). The van der Waals surface area contributed by atoms with Gasteiger partial charge in [-0.2, -0.15) is 0 Å². The summed E-state index contributed by atoms with van der Waals surface area (Å²) in [4.78, 5) is 26.4. The Kier molecular flexibility index (Phi) is 5.57. The number of likely N-dealkylation sites (tertiary alicyclic amines) is 1. The number of nitrogens with zero attached hydrogens (tertiary/aromatic N) is 1. The molecule has 5 nitrogen and oxygen atoms in total. The third-order valence-corrected chi connectivity index (χ3v) is 3.97. The van der Waals surface area contributed by atoms with Crippen LogP contribution in [0.5, 0.6) is 0 Å². The summed E-state index contributed by atoms with van der Waals surface area (Å²) < 4.78 is 0. The molecule has 5 heteroatoms. The van der Waals surface area contributed by atoms with Gasteiger partial charge in [-0.3, -0.25) is 9.59 Å². The molecule has 1 fully saturated rings. The van der Waals surface area contributed by atoms with Crippen molar-refractivity contribution < 1.29 is 14.7 Å². The number of hydrogen-bond acceptors (Lipinski definition) is 3. The Hall–Kier alpha value is -1.10. The summed E-state index contributed by atoms with van der Waals surface area (Å²) in [6.45, 7) is 10.1. The zero-order valence-corrected chi connectivity index (χ0v) is 13.3. The first-order valence-electron chi connectivity index (χ1n) is 7.40. The first kappa shape index (κ1) is 17.0. The minimum atomic E-state index is -0.465. The topological polar surface area (TPSA) is 69.6 Å². The lowest BCUT2D eigenvalue weighted by Crippen LogP contribution is -2.52. The van der Waals surface area contributed by atoms with Gasteiger partial charge in [-0.15, -0.1) is 0 Å². The lowest BCUT2D eigenvalue weighted by atomic mass is 9.94. The predicted octanol–water partition coefficient (Wildman–Crippen LogP) is 1.16. The van der Waals surface area contributed by atoms with Crippen LogP contribution in [0.1, 0.15) is 47.5 Å². The first-order chi connectivity index (χ1) is 9.18. The number of carbonyl (C=O) groups excluding carboxylic acids is 2. The van der Waals surface area contributed by atoms with E-state index in [0.29, 0.717) is 13.0 Å². The highest BCUT2D eigenvalue weighted by molar-refractivity contribution is 5.90. The lowest BCUT2D eigenvalue weighted by Gasteiger charge is -2.31. The minimum absolute atomic E-state index is 0.00659. The van der Waals surface area contributed by atoms with E-state index in [4.69, 9.17) is 5.11 Å². The van der Waals surface area contributed by atoms with Crippen LogP contribution in [0.2, 0.25) is 0 Å². The van der Waals surface area contributed by atoms with Crippen LogP contribution in [0.4, 0.5) is 0 Å². The summed E-state index contributed by atoms with van der Waals surface area (Å²) in [5, 5.41) is 12.0. The first-order valence-corrected chi connectivity index (χ1v) is 7.40. The zero-order chi connectivity index (χ0) is 15.5. The van der Waals surface area contributed by atoms with Gasteiger partial charge in [0.25, 0.3) is 0 Å². The van der Waals surface area contributed by atoms with Crippen LogP contribution < -0.4 is 5.32 Å². The molecule has 0 radical (unpaired) electrons. The second-order valence-electron chi connectivity index (χ2n) is 6.86. The molecule has 0 saturated carbocycles. The van der Waals surface area contributed by atoms with E-state index in [1.54, 1.807) is 4.90 Å². The second kappa shape index (κ2) is 6.57. The Bertz CT molecular complexity index is 363. The van der Waals surface area contributed by atoms with E-state index < -0.39 is 5.41 Å². The van der Waals surface area contributed by atoms with E-state index >= 15 is 0 Å². The van der Waals surface area contributed by atoms with Crippen LogP contribution in [0.3, 0.4) is 0 Å². The van der Waals surface area contributed by atoms with E-state index in [9.17, 15) is 9.59 Å². The second-order valence-corrected chi connectivity index (χ2v) is 6.86. The third-order valence-electron chi connectivity index (χ3n) is 3.97. The average molecular weight is 284 g/mol. The van der Waals surface area contributed by atoms with Crippen molar-refractivity contribution >= 4 is 11.8 Å². The number of amides is 2. The summed E-state index contributed by atoms with van der Waals surface area (Å²) in [7, 11) is 0. The number of nitrogens with one attached hydrogen (secondary N) is 1. The summed E-state index contributed by atoms with van der Waals surface area (Å²) in [5.74, 6) is -0.0713. The quantitative estimate of drug-likeness (QED) is 0.814. The molecule has 1 heterocycles. The molecule has 20 heavy (non-hydrogen) atoms. The predicted molar refractivity (Wildman–Crippen MR) is 78.0 cm³/mol. The lowest BCUT2D eigenvalue weighted by molar-refractivity contribution is -0.145. The molecule has 0 aromatic heterocycles. The van der Waals surface area contributed by atoms with Crippen LogP contribution >= 0.6 is 0 Å². The molecule has 1 aliphatic heterocycles. The molecule has 2 N–H and O–H groups in total. The molecule has 1 saturated heterocycles. The molecule has 1 aliphatic rings. The van der Waals surface area contributed by atoms with Crippen LogP contribution in [0, 0.1) is 11.3 Å². The number of rotatable bonds is 4. The van der Waals surface area contributed by atoms with E-state index in [1.165, 1.54) is 0 Å². The van der Waals surface area contributed by atoms with Crippen molar-refractivity contribution in [3.05, 3.63) is 0 Å². The largest absolute Gasteiger partial charge is 0.396 e. The van der Waals surface area contributed by atoms with E-state index in [-0.39, 0.29) is 36.4 Å². The van der Waals surface area contributed by atoms with Crippen molar-refractivity contribution in [3.63, 3.8) is 0 Å². The number of aliphatic hydroxyl groups excluding tert-OH is 1. The SMILES string of the molecule is CC(CO)C(C)NC(=O)C1CCCN1C(=O)C(C)(C)C. The van der Waals surface area contributed by atoms with Crippen LogP contribution in [-0.2, 0) is 9.59 Å². The van der Waals surface area contributed by atoms with Crippen molar-refractivity contribution in [2.24, 2.45) is 11.3 Å². The van der Waals surface area contributed by atoms with Gasteiger partial charge in [0.15, 0.2) is 0 Å². The van der Waals surface area contributed by atoms with Crippen LogP contribution in [0.25, 0.3) is 0 Å². The molecule has 3 atom stereocenters. The molecule has 0 aromatic carbocycles. The third kappa shape index (κ3) is 3.95. The summed E-state index contributed by atoms with van der Waals surface area (Å²) in [5.41, 5.74) is -0.465. The van der Waals surface area contributed by atoms with Crippen molar-refractivity contribution in [1.29, 1.82) is 0 Å². The fourth-order valence-electron chi connectivity index (χ4n) is 2.33. The van der Waals surface area contributed by atoms with E-state index in [1.807, 2.05) is 34.6 Å². The maximum absolute atomic E-state index is 12.4. The van der Waals surface area contributed by atoms with Gasteiger partial charge in [0.2, 0.25) is 11.8 Å². The van der Waals surface area contributed by atoms with Gasteiger partial charge in [-0.05, 0) is 25.7 Å². The van der Waals surface area contributed by atoms with Crippen molar-refractivity contribution in [2.45, 2.75) is 59.5 Å². The highest BCUT2D eigenvalue weighted by Gasteiger charge is 2.38. The number of aliphatic hydroxyl groups is 1. The minimum Gasteiger partial charge on any atom is -0.396 e. The summed E-state index contributed by atoms with van der Waals surface area (Å²) in [6, 6.07) is -0.463. The molecule has 0 spiro atoms. The molecular formula is C15H28N2O3. The Morgan fingerprint density at radius 1 is 1.35 bits per heavy atom. The molecule has 0 aliphatic carbocycles. The zero-order valence-electron chi connectivity index (χ0n) is 13.3. The van der Waals surface area contributed by atoms with Crippen LogP contribution in [0.15, 0.2) is 0 Å².